The van der Waals surface area contributed by atoms with Gasteiger partial charge in [0.25, 0.3) is 0 Å². The Morgan fingerprint density at radius 1 is 1.52 bits per heavy atom. The summed E-state index contributed by atoms with van der Waals surface area (Å²) < 4.78 is 1.91. The highest BCUT2D eigenvalue weighted by molar-refractivity contribution is 14.0. The van der Waals surface area contributed by atoms with E-state index in [1.165, 1.54) is 12.2 Å². The molecule has 6 nitrogen and oxygen atoms in total. The van der Waals surface area contributed by atoms with E-state index in [-0.39, 0.29) is 24.0 Å². The summed E-state index contributed by atoms with van der Waals surface area (Å²) in [5, 5.41) is 12.1. The third-order valence-electron chi connectivity index (χ3n) is 3.40. The van der Waals surface area contributed by atoms with Gasteiger partial charge in [-0.05, 0) is 13.3 Å². The summed E-state index contributed by atoms with van der Waals surface area (Å²) in [6.07, 6.45) is 2.92. The first-order valence-corrected chi connectivity index (χ1v) is 8.27. The second-order valence-electron chi connectivity index (χ2n) is 4.88. The molecule has 1 unspecified atom stereocenters. The second kappa shape index (κ2) is 9.50. The van der Waals surface area contributed by atoms with Crippen LogP contribution in [0.2, 0.25) is 0 Å². The van der Waals surface area contributed by atoms with Crippen molar-refractivity contribution in [1.82, 2.24) is 25.0 Å². The number of thioether (sulfide) groups is 1. The smallest absolute Gasteiger partial charge is 0.194 e. The third kappa shape index (κ3) is 5.32. The monoisotopic (exact) mass is 424 g/mol. The highest BCUT2D eigenvalue weighted by Crippen LogP contribution is 2.21. The van der Waals surface area contributed by atoms with E-state index in [2.05, 4.69) is 46.0 Å². The largest absolute Gasteiger partial charge is 0.357 e. The van der Waals surface area contributed by atoms with Gasteiger partial charge < -0.3 is 14.8 Å². The molecule has 2 heterocycles. The van der Waals surface area contributed by atoms with Gasteiger partial charge in [0.2, 0.25) is 0 Å². The Bertz CT molecular complexity index is 450. The van der Waals surface area contributed by atoms with E-state index >= 15 is 0 Å². The van der Waals surface area contributed by atoms with E-state index in [1.807, 2.05) is 11.6 Å². The van der Waals surface area contributed by atoms with Crippen molar-refractivity contribution in [2.75, 3.05) is 25.4 Å². The number of aliphatic imine (C=N–C) groups is 1. The molecule has 0 radical (unpaired) electrons. The molecule has 8 heteroatoms. The number of aromatic nitrogens is 3. The van der Waals surface area contributed by atoms with Gasteiger partial charge in [-0.2, -0.15) is 11.8 Å². The minimum absolute atomic E-state index is 0. The van der Waals surface area contributed by atoms with Crippen LogP contribution in [0, 0.1) is 0 Å². The van der Waals surface area contributed by atoms with Gasteiger partial charge >= 0.3 is 0 Å². The molecule has 120 valence electrons. The van der Waals surface area contributed by atoms with Crippen molar-refractivity contribution in [2.24, 2.45) is 12.0 Å². The minimum Gasteiger partial charge on any atom is -0.357 e. The summed E-state index contributed by atoms with van der Waals surface area (Å²) in [5.41, 5.74) is 0. The molecule has 0 aliphatic carbocycles. The number of rotatable bonds is 4. The molecule has 1 saturated heterocycles. The molecular weight excluding hydrogens is 399 g/mol. The molecule has 0 aromatic carbocycles. The number of nitrogens with zero attached hydrogens (tertiary/aromatic N) is 5. The van der Waals surface area contributed by atoms with E-state index in [1.54, 1.807) is 6.33 Å². The number of halogens is 1. The fourth-order valence-electron chi connectivity index (χ4n) is 2.18. The van der Waals surface area contributed by atoms with Gasteiger partial charge in [0.05, 0.1) is 0 Å². The molecule has 0 spiro atoms. The van der Waals surface area contributed by atoms with Crippen LogP contribution in [0.25, 0.3) is 0 Å². The molecule has 0 amide bonds. The van der Waals surface area contributed by atoms with E-state index in [4.69, 9.17) is 4.99 Å². The second-order valence-corrected chi connectivity index (χ2v) is 6.28. The fraction of sp³-hybridized carbons (Fsp3) is 0.769. The first-order valence-electron chi connectivity index (χ1n) is 7.22. The summed E-state index contributed by atoms with van der Waals surface area (Å²) in [6, 6.07) is 0. The van der Waals surface area contributed by atoms with E-state index < -0.39 is 0 Å². The number of guanidine groups is 1. The molecule has 2 rings (SSSR count). The third-order valence-corrected chi connectivity index (χ3v) is 4.78. The van der Waals surface area contributed by atoms with Crippen molar-refractivity contribution in [3.63, 3.8) is 0 Å². The topological polar surface area (TPSA) is 58.3 Å². The van der Waals surface area contributed by atoms with Crippen LogP contribution in [0.15, 0.2) is 11.3 Å². The fourth-order valence-corrected chi connectivity index (χ4v) is 3.36. The maximum absolute atomic E-state index is 4.71. The molecule has 21 heavy (non-hydrogen) atoms. The Hall–Kier alpha value is -0.510. The lowest BCUT2D eigenvalue weighted by Crippen LogP contribution is -2.48. The molecule has 0 saturated carbocycles. The molecular formula is C13H25IN6S. The molecule has 0 bridgehead atoms. The van der Waals surface area contributed by atoms with E-state index in [0.29, 0.717) is 11.8 Å². The predicted molar refractivity (Wildman–Crippen MR) is 99.3 cm³/mol. The maximum Gasteiger partial charge on any atom is 0.194 e. The van der Waals surface area contributed by atoms with Gasteiger partial charge in [0, 0.05) is 37.7 Å². The van der Waals surface area contributed by atoms with Crippen molar-refractivity contribution >= 4 is 41.7 Å². The first kappa shape index (κ1) is 18.5. The highest BCUT2D eigenvalue weighted by Gasteiger charge is 2.21. The van der Waals surface area contributed by atoms with Crippen LogP contribution in [0.5, 0.6) is 0 Å². The number of aryl methyl sites for hydroxylation is 1. The summed E-state index contributed by atoms with van der Waals surface area (Å²) >= 11 is 2.07. The Morgan fingerprint density at radius 3 is 2.95 bits per heavy atom. The molecule has 1 atom stereocenters. The number of hydrogen-bond donors (Lipinski definition) is 1. The highest BCUT2D eigenvalue weighted by atomic mass is 127. The molecule has 1 aliphatic heterocycles. The zero-order chi connectivity index (χ0) is 14.4. The Balaban J connectivity index is 0.00000220. The zero-order valence-electron chi connectivity index (χ0n) is 12.9. The summed E-state index contributed by atoms with van der Waals surface area (Å²) in [7, 11) is 1.95. The quantitative estimate of drug-likeness (QED) is 0.453. The van der Waals surface area contributed by atoms with E-state index in [0.717, 1.165) is 31.4 Å². The lowest BCUT2D eigenvalue weighted by molar-refractivity contribution is 0.408. The molecule has 1 aromatic heterocycles. The van der Waals surface area contributed by atoms with Crippen LogP contribution in [0.1, 0.15) is 26.1 Å². The standard InChI is InChI=1S/C13H24N6S.HI/c1-4-11-9-19(6-7-20-11)13(14-5-2)15-8-12-17-16-10-18(12)3;/h10-11H,4-9H2,1-3H3,(H,14,15);1H. The lowest BCUT2D eigenvalue weighted by atomic mass is 10.3. The maximum atomic E-state index is 4.71. The van der Waals surface area contributed by atoms with Gasteiger partial charge in [0.1, 0.15) is 12.9 Å². The van der Waals surface area contributed by atoms with Crippen molar-refractivity contribution in [1.29, 1.82) is 0 Å². The lowest BCUT2D eigenvalue weighted by Gasteiger charge is -2.34. The zero-order valence-corrected chi connectivity index (χ0v) is 16.1. The number of nitrogens with one attached hydrogen (secondary N) is 1. The van der Waals surface area contributed by atoms with Gasteiger partial charge in [-0.15, -0.1) is 34.2 Å². The minimum atomic E-state index is 0. The van der Waals surface area contributed by atoms with Crippen LogP contribution >= 0.6 is 35.7 Å². The van der Waals surface area contributed by atoms with Gasteiger partial charge in [-0.3, -0.25) is 0 Å². The van der Waals surface area contributed by atoms with Crippen molar-refractivity contribution in [2.45, 2.75) is 32.1 Å². The summed E-state index contributed by atoms with van der Waals surface area (Å²) in [4.78, 5) is 7.07. The van der Waals surface area contributed by atoms with Crippen molar-refractivity contribution in [3.8, 4) is 0 Å². The Morgan fingerprint density at radius 2 is 2.33 bits per heavy atom. The van der Waals surface area contributed by atoms with Gasteiger partial charge in [-0.25, -0.2) is 4.99 Å². The first-order chi connectivity index (χ1) is 9.74. The molecule has 1 N–H and O–H groups in total. The van der Waals surface area contributed by atoms with Gasteiger partial charge in [0.15, 0.2) is 11.8 Å². The Kier molecular flexibility index (Phi) is 8.38. The van der Waals surface area contributed by atoms with Crippen LogP contribution in [0.4, 0.5) is 0 Å². The predicted octanol–water partition coefficient (Wildman–Crippen LogP) is 1.73. The molecule has 1 aromatic rings. The average Bonchev–Trinajstić information content (AvgIpc) is 2.89. The number of hydrogen-bond acceptors (Lipinski definition) is 4. The van der Waals surface area contributed by atoms with Crippen LogP contribution < -0.4 is 5.32 Å². The molecule has 1 aliphatic rings. The van der Waals surface area contributed by atoms with E-state index in [9.17, 15) is 0 Å². The van der Waals surface area contributed by atoms with Crippen molar-refractivity contribution < 1.29 is 0 Å². The van der Waals surface area contributed by atoms with Crippen molar-refractivity contribution in [3.05, 3.63) is 12.2 Å². The van der Waals surface area contributed by atoms with Crippen LogP contribution in [-0.2, 0) is 13.6 Å². The normalized spacial score (nSPS) is 19.3. The van der Waals surface area contributed by atoms with Crippen LogP contribution in [0.3, 0.4) is 0 Å². The van der Waals surface area contributed by atoms with Crippen LogP contribution in [-0.4, -0.2) is 56.3 Å². The molecule has 1 fully saturated rings. The van der Waals surface area contributed by atoms with Gasteiger partial charge in [-0.1, -0.05) is 6.92 Å². The average molecular weight is 424 g/mol. The SMILES string of the molecule is CCNC(=NCc1nncn1C)N1CCSC(CC)C1.I. The summed E-state index contributed by atoms with van der Waals surface area (Å²) in [6.45, 7) is 7.95. The summed E-state index contributed by atoms with van der Waals surface area (Å²) in [5.74, 6) is 3.06. The Labute approximate surface area is 148 Å².